The van der Waals surface area contributed by atoms with Crippen LogP contribution < -0.4 is 0 Å². The standard InChI is InChI=1S/C25H24F4N2O/c1-2-23-10-11-24(32,25(27,28)29)14-18(23)5-3-4-16-13-22-17(12-21(16)23)15-30-31(22)20-8-6-19(26)7-9-20/h3-4,6-9,12-13,15,18,32H,2,5,10-11,14H2,1H3/t18-,23+,24-/m1/s1. The van der Waals surface area contributed by atoms with Crippen LogP contribution in [0.3, 0.4) is 0 Å². The van der Waals surface area contributed by atoms with E-state index in [0.29, 0.717) is 12.8 Å². The van der Waals surface area contributed by atoms with Crippen molar-refractivity contribution in [3.05, 3.63) is 65.6 Å². The second kappa shape index (κ2) is 7.17. The summed E-state index contributed by atoms with van der Waals surface area (Å²) in [4.78, 5) is 0. The number of rotatable bonds is 2. The van der Waals surface area contributed by atoms with Gasteiger partial charge in [0.15, 0.2) is 5.60 Å². The van der Waals surface area contributed by atoms with Gasteiger partial charge in [0.2, 0.25) is 0 Å². The minimum atomic E-state index is -4.63. The molecule has 3 nitrogen and oxygen atoms in total. The highest BCUT2D eigenvalue weighted by Crippen LogP contribution is 2.56. The largest absolute Gasteiger partial charge is 0.417 e. The summed E-state index contributed by atoms with van der Waals surface area (Å²) in [5.41, 5.74) is 0.494. The molecule has 3 atom stereocenters. The number of fused-ring (bicyclic) bond motifs is 4. The third-order valence-electron chi connectivity index (χ3n) is 7.57. The first-order chi connectivity index (χ1) is 15.2. The molecule has 1 heterocycles. The Kier molecular flexibility index (Phi) is 4.75. The van der Waals surface area contributed by atoms with Crippen LogP contribution >= 0.6 is 0 Å². The van der Waals surface area contributed by atoms with Crippen molar-refractivity contribution in [3.8, 4) is 5.69 Å². The van der Waals surface area contributed by atoms with Crippen molar-refractivity contribution in [2.75, 3.05) is 0 Å². The second-order valence-electron chi connectivity index (χ2n) is 9.11. The fourth-order valence-corrected chi connectivity index (χ4v) is 5.72. The third-order valence-corrected chi connectivity index (χ3v) is 7.57. The zero-order chi connectivity index (χ0) is 22.7. The molecule has 168 valence electrons. The number of allylic oxidation sites excluding steroid dienone is 1. The number of aromatic nitrogens is 2. The molecule has 2 aromatic carbocycles. The van der Waals surface area contributed by atoms with Gasteiger partial charge < -0.3 is 5.11 Å². The van der Waals surface area contributed by atoms with Gasteiger partial charge in [-0.05, 0) is 91.0 Å². The molecule has 7 heteroatoms. The second-order valence-corrected chi connectivity index (χ2v) is 9.11. The Morgan fingerprint density at radius 1 is 1.16 bits per heavy atom. The average molecular weight is 444 g/mol. The van der Waals surface area contributed by atoms with Crippen LogP contribution in [0.4, 0.5) is 17.6 Å². The Labute approximate surface area is 183 Å². The highest BCUT2D eigenvalue weighted by molar-refractivity contribution is 5.85. The van der Waals surface area contributed by atoms with Gasteiger partial charge in [-0.2, -0.15) is 18.3 Å². The minimum Gasteiger partial charge on any atom is -0.380 e. The van der Waals surface area contributed by atoms with Gasteiger partial charge in [-0.15, -0.1) is 0 Å². The molecule has 0 spiro atoms. The Balaban J connectivity index is 1.63. The van der Waals surface area contributed by atoms with Crippen LogP contribution in [0.15, 0.2) is 48.7 Å². The van der Waals surface area contributed by atoms with E-state index in [2.05, 4.69) is 5.10 Å². The zero-order valence-corrected chi connectivity index (χ0v) is 17.7. The van der Waals surface area contributed by atoms with Crippen LogP contribution in [0.2, 0.25) is 0 Å². The highest BCUT2D eigenvalue weighted by atomic mass is 19.4. The molecule has 2 aliphatic carbocycles. The number of aliphatic hydroxyl groups is 1. The molecule has 5 rings (SSSR count). The number of nitrogens with zero attached hydrogens (tertiary/aromatic N) is 2. The lowest BCUT2D eigenvalue weighted by Crippen LogP contribution is -2.54. The van der Waals surface area contributed by atoms with Gasteiger partial charge in [0, 0.05) is 5.39 Å². The van der Waals surface area contributed by atoms with E-state index in [1.54, 1.807) is 23.0 Å². The van der Waals surface area contributed by atoms with Crippen molar-refractivity contribution >= 4 is 17.0 Å². The highest BCUT2D eigenvalue weighted by Gasteiger charge is 2.60. The van der Waals surface area contributed by atoms with Crippen LogP contribution in [0.1, 0.15) is 50.2 Å². The first-order valence-corrected chi connectivity index (χ1v) is 10.9. The van der Waals surface area contributed by atoms with E-state index in [4.69, 9.17) is 0 Å². The van der Waals surface area contributed by atoms with Crippen molar-refractivity contribution in [2.24, 2.45) is 5.92 Å². The molecule has 1 saturated carbocycles. The van der Waals surface area contributed by atoms with E-state index in [-0.39, 0.29) is 31.0 Å². The molecule has 32 heavy (non-hydrogen) atoms. The molecule has 1 fully saturated rings. The number of hydrogen-bond acceptors (Lipinski definition) is 2. The van der Waals surface area contributed by atoms with E-state index in [1.807, 2.05) is 31.2 Å². The molecular weight excluding hydrogens is 420 g/mol. The average Bonchev–Trinajstić information content (AvgIpc) is 3.09. The third kappa shape index (κ3) is 3.09. The summed E-state index contributed by atoms with van der Waals surface area (Å²) in [6.45, 7) is 2.02. The number of benzene rings is 2. The van der Waals surface area contributed by atoms with Crippen molar-refractivity contribution in [2.45, 2.75) is 56.2 Å². The number of halogens is 4. The van der Waals surface area contributed by atoms with E-state index in [9.17, 15) is 22.7 Å². The molecule has 0 aliphatic heterocycles. The predicted octanol–water partition coefficient (Wildman–Crippen LogP) is 6.32. The van der Waals surface area contributed by atoms with Crippen molar-refractivity contribution in [3.63, 3.8) is 0 Å². The first kappa shape index (κ1) is 21.2. The maximum absolute atomic E-state index is 13.6. The lowest BCUT2D eigenvalue weighted by atomic mass is 9.56. The SMILES string of the molecule is CC[C@]12CC[C@](O)(C(F)(F)F)C[C@H]1CC=Cc1cc3c(cnn3-c3ccc(F)cc3)cc12. The van der Waals surface area contributed by atoms with Gasteiger partial charge >= 0.3 is 6.18 Å². The molecular formula is C25H24F4N2O. The maximum atomic E-state index is 13.6. The summed E-state index contributed by atoms with van der Waals surface area (Å²) in [6, 6.07) is 10.1. The Morgan fingerprint density at radius 2 is 1.91 bits per heavy atom. The molecule has 0 saturated heterocycles. The molecule has 2 aliphatic rings. The van der Waals surface area contributed by atoms with E-state index < -0.39 is 17.2 Å². The summed E-state index contributed by atoms with van der Waals surface area (Å²) in [5.74, 6) is -0.635. The van der Waals surface area contributed by atoms with Gasteiger partial charge in [0.05, 0.1) is 17.4 Å². The molecule has 0 bridgehead atoms. The Morgan fingerprint density at radius 3 is 2.59 bits per heavy atom. The topological polar surface area (TPSA) is 38.1 Å². The van der Waals surface area contributed by atoms with E-state index >= 15 is 0 Å². The van der Waals surface area contributed by atoms with Crippen molar-refractivity contribution < 1.29 is 22.7 Å². The maximum Gasteiger partial charge on any atom is 0.417 e. The van der Waals surface area contributed by atoms with Gasteiger partial charge in [-0.3, -0.25) is 0 Å². The van der Waals surface area contributed by atoms with Crippen LogP contribution in [-0.4, -0.2) is 26.7 Å². The minimum absolute atomic E-state index is 0.274. The van der Waals surface area contributed by atoms with Crippen molar-refractivity contribution in [1.29, 1.82) is 0 Å². The van der Waals surface area contributed by atoms with Gasteiger partial charge in [0.1, 0.15) is 5.82 Å². The summed E-state index contributed by atoms with van der Waals surface area (Å²) < 4.78 is 55.9. The van der Waals surface area contributed by atoms with Crippen molar-refractivity contribution in [1.82, 2.24) is 9.78 Å². The normalized spacial score (nSPS) is 27.8. The van der Waals surface area contributed by atoms with E-state index in [0.717, 1.165) is 27.7 Å². The fourth-order valence-electron chi connectivity index (χ4n) is 5.72. The van der Waals surface area contributed by atoms with E-state index in [1.165, 1.54) is 12.1 Å². The fraction of sp³-hybridized carbons (Fsp3) is 0.400. The van der Waals surface area contributed by atoms with Gasteiger partial charge in [0.25, 0.3) is 0 Å². The molecule has 0 amide bonds. The Hall–Kier alpha value is -2.67. The summed E-state index contributed by atoms with van der Waals surface area (Å²) >= 11 is 0. The predicted molar refractivity (Wildman–Crippen MR) is 115 cm³/mol. The van der Waals surface area contributed by atoms with Crippen LogP contribution in [0.25, 0.3) is 22.7 Å². The molecule has 3 aromatic rings. The van der Waals surface area contributed by atoms with Crippen LogP contribution in [-0.2, 0) is 5.41 Å². The molecule has 0 radical (unpaired) electrons. The van der Waals surface area contributed by atoms with Crippen LogP contribution in [0, 0.1) is 11.7 Å². The number of alkyl halides is 3. The smallest absolute Gasteiger partial charge is 0.380 e. The monoisotopic (exact) mass is 444 g/mol. The zero-order valence-electron chi connectivity index (χ0n) is 17.7. The Bertz CT molecular complexity index is 1200. The van der Waals surface area contributed by atoms with Crippen LogP contribution in [0.5, 0.6) is 0 Å². The lowest BCUT2D eigenvalue weighted by Gasteiger charge is -2.50. The number of hydrogen-bond donors (Lipinski definition) is 1. The molecule has 1 aromatic heterocycles. The summed E-state index contributed by atoms with van der Waals surface area (Å²) in [6.07, 6.45) is 1.86. The lowest BCUT2D eigenvalue weighted by molar-refractivity contribution is -0.279. The molecule has 0 unspecified atom stereocenters. The molecule has 1 N–H and O–H groups in total. The quantitative estimate of drug-likeness (QED) is 0.470. The van der Waals surface area contributed by atoms with Gasteiger partial charge in [-0.1, -0.05) is 19.1 Å². The summed E-state index contributed by atoms with van der Waals surface area (Å²) in [5, 5.41) is 15.8. The first-order valence-electron chi connectivity index (χ1n) is 10.9. The summed E-state index contributed by atoms with van der Waals surface area (Å²) in [7, 11) is 0. The van der Waals surface area contributed by atoms with Gasteiger partial charge in [-0.25, -0.2) is 9.07 Å².